The van der Waals surface area contributed by atoms with Crippen LogP contribution in [0.5, 0.6) is 11.5 Å². The number of benzene rings is 4. The van der Waals surface area contributed by atoms with Gasteiger partial charge in [-0.1, -0.05) is 74.0 Å². The van der Waals surface area contributed by atoms with E-state index in [1.54, 1.807) is 73.7 Å². The van der Waals surface area contributed by atoms with Gasteiger partial charge in [-0.3, -0.25) is 0 Å². The van der Waals surface area contributed by atoms with Crippen LogP contribution in [0.2, 0.25) is 0 Å². The Morgan fingerprint density at radius 3 is 1.79 bits per heavy atom. The van der Waals surface area contributed by atoms with E-state index in [0.717, 1.165) is 12.8 Å². The smallest absolute Gasteiger partial charge is 0.201 e. The van der Waals surface area contributed by atoms with E-state index in [0.29, 0.717) is 29.0 Å². The van der Waals surface area contributed by atoms with Crippen molar-refractivity contribution in [3.05, 3.63) is 107 Å². The first kappa shape index (κ1) is 27.0. The molecule has 0 bridgehead atoms. The predicted octanol–water partition coefficient (Wildman–Crippen LogP) is 9.32. The van der Waals surface area contributed by atoms with E-state index in [9.17, 15) is 8.78 Å². The molecule has 0 aliphatic heterocycles. The molecule has 0 fully saturated rings. The van der Waals surface area contributed by atoms with Gasteiger partial charge < -0.3 is 9.47 Å². The van der Waals surface area contributed by atoms with Crippen LogP contribution in [0.1, 0.15) is 37.8 Å². The highest BCUT2D eigenvalue weighted by atomic mass is 19.2. The van der Waals surface area contributed by atoms with Crippen LogP contribution >= 0.6 is 0 Å². The van der Waals surface area contributed by atoms with Crippen LogP contribution in [0.4, 0.5) is 17.6 Å². The second-order valence-electron chi connectivity index (χ2n) is 8.68. The molecule has 0 unspecified atom stereocenters. The van der Waals surface area contributed by atoms with E-state index >= 15 is 8.78 Å². The molecule has 196 valence electrons. The second-order valence-corrected chi connectivity index (χ2v) is 8.68. The zero-order chi connectivity index (χ0) is 27.1. The van der Waals surface area contributed by atoms with Gasteiger partial charge in [0.2, 0.25) is 5.82 Å². The molecule has 0 saturated carbocycles. The first-order valence-electron chi connectivity index (χ1n) is 12.5. The Morgan fingerprint density at radius 1 is 0.605 bits per heavy atom. The van der Waals surface area contributed by atoms with E-state index < -0.39 is 23.3 Å². The normalized spacial score (nSPS) is 11.2. The lowest BCUT2D eigenvalue weighted by molar-refractivity contribution is 0.309. The van der Waals surface area contributed by atoms with Crippen molar-refractivity contribution in [3.8, 4) is 33.8 Å². The van der Waals surface area contributed by atoms with Gasteiger partial charge in [0.15, 0.2) is 23.2 Å². The number of unbranched alkanes of at least 4 members (excludes halogenated alkanes) is 1. The third kappa shape index (κ3) is 6.08. The fraction of sp³-hybridized carbons (Fsp3) is 0.188. The molecular weight excluding hydrogens is 492 g/mol. The minimum atomic E-state index is -1.04. The van der Waals surface area contributed by atoms with Crippen molar-refractivity contribution in [2.45, 2.75) is 26.7 Å². The van der Waals surface area contributed by atoms with Crippen molar-refractivity contribution in [1.29, 1.82) is 0 Å². The SMILES string of the molecule is CCCCOc1ccc(-c2ccc(-c3ccc(/C=C/c4ccc(OCC)c(F)c4F)cc3)c(F)c2F)cc1. The van der Waals surface area contributed by atoms with Gasteiger partial charge in [-0.15, -0.1) is 0 Å². The molecule has 0 saturated heterocycles. The van der Waals surface area contributed by atoms with Crippen LogP contribution in [0.15, 0.2) is 72.8 Å². The molecule has 0 heterocycles. The van der Waals surface area contributed by atoms with E-state index in [1.165, 1.54) is 18.2 Å². The van der Waals surface area contributed by atoms with Crippen molar-refractivity contribution in [1.82, 2.24) is 0 Å². The number of ether oxygens (including phenoxy) is 2. The van der Waals surface area contributed by atoms with Gasteiger partial charge in [-0.05, 0) is 54.3 Å². The first-order chi connectivity index (χ1) is 18.4. The van der Waals surface area contributed by atoms with Crippen molar-refractivity contribution in [2.75, 3.05) is 13.2 Å². The third-order valence-electron chi connectivity index (χ3n) is 6.07. The van der Waals surface area contributed by atoms with Gasteiger partial charge >= 0.3 is 0 Å². The molecule has 38 heavy (non-hydrogen) atoms. The Balaban J connectivity index is 1.50. The average Bonchev–Trinajstić information content (AvgIpc) is 2.93. The number of hydrogen-bond donors (Lipinski definition) is 0. The van der Waals surface area contributed by atoms with Crippen LogP contribution in [-0.4, -0.2) is 13.2 Å². The molecule has 0 radical (unpaired) electrons. The van der Waals surface area contributed by atoms with Crippen molar-refractivity contribution >= 4 is 12.2 Å². The highest BCUT2D eigenvalue weighted by Crippen LogP contribution is 2.32. The summed E-state index contributed by atoms with van der Waals surface area (Å²) in [7, 11) is 0. The van der Waals surface area contributed by atoms with Gasteiger partial charge in [0.1, 0.15) is 5.75 Å². The van der Waals surface area contributed by atoms with Crippen LogP contribution in [0.25, 0.3) is 34.4 Å². The molecular formula is C32H28F4O2. The minimum absolute atomic E-state index is 0.0688. The van der Waals surface area contributed by atoms with Crippen molar-refractivity contribution in [2.24, 2.45) is 0 Å². The summed E-state index contributed by atoms with van der Waals surface area (Å²) < 4.78 is 69.2. The maximum absolute atomic E-state index is 15.1. The van der Waals surface area contributed by atoms with Gasteiger partial charge in [0.25, 0.3) is 0 Å². The molecule has 0 aromatic heterocycles. The Kier molecular flexibility index (Phi) is 8.85. The molecule has 0 N–H and O–H groups in total. The summed E-state index contributed by atoms with van der Waals surface area (Å²) in [6, 6.07) is 19.5. The predicted molar refractivity (Wildman–Crippen MR) is 144 cm³/mol. The fourth-order valence-electron chi connectivity index (χ4n) is 3.96. The summed E-state index contributed by atoms with van der Waals surface area (Å²) in [6.45, 7) is 4.61. The van der Waals surface area contributed by atoms with Gasteiger partial charge in [-0.25, -0.2) is 13.2 Å². The molecule has 0 amide bonds. The van der Waals surface area contributed by atoms with Gasteiger partial charge in [-0.2, -0.15) is 4.39 Å². The van der Waals surface area contributed by atoms with Crippen LogP contribution in [0.3, 0.4) is 0 Å². The lowest BCUT2D eigenvalue weighted by Gasteiger charge is -2.11. The standard InChI is InChI=1S/C32H28F4O2/c1-3-5-20-38-25-15-12-23(13-16-25)27-18-17-26(30(34)31(27)35)22-9-6-21(7-10-22)8-11-24-14-19-28(37-4-2)32(36)29(24)33/h6-19H,3-5,20H2,1-2H3/b11-8+. The molecule has 0 atom stereocenters. The Labute approximate surface area is 220 Å². The summed E-state index contributed by atoms with van der Waals surface area (Å²) in [5.74, 6) is -3.37. The monoisotopic (exact) mass is 520 g/mol. The highest BCUT2D eigenvalue weighted by Gasteiger charge is 2.16. The lowest BCUT2D eigenvalue weighted by atomic mass is 9.98. The number of rotatable bonds is 10. The lowest BCUT2D eigenvalue weighted by Crippen LogP contribution is -1.98. The summed E-state index contributed by atoms with van der Waals surface area (Å²) in [4.78, 5) is 0. The highest BCUT2D eigenvalue weighted by molar-refractivity contribution is 5.75. The third-order valence-corrected chi connectivity index (χ3v) is 6.07. The second kappa shape index (κ2) is 12.5. The summed E-state index contributed by atoms with van der Waals surface area (Å²) in [5, 5.41) is 0. The average molecular weight is 521 g/mol. The quantitative estimate of drug-likeness (QED) is 0.118. The zero-order valence-corrected chi connectivity index (χ0v) is 21.2. The maximum atomic E-state index is 15.1. The molecule has 4 aromatic carbocycles. The summed E-state index contributed by atoms with van der Waals surface area (Å²) in [6.07, 6.45) is 5.02. The number of halogens is 4. The summed E-state index contributed by atoms with van der Waals surface area (Å²) in [5.41, 5.74) is 2.08. The van der Waals surface area contributed by atoms with Crippen LogP contribution < -0.4 is 9.47 Å². The maximum Gasteiger partial charge on any atom is 0.201 e. The first-order valence-corrected chi connectivity index (χ1v) is 12.5. The van der Waals surface area contributed by atoms with Gasteiger partial charge in [0, 0.05) is 16.7 Å². The Hall–Kier alpha value is -4.06. The van der Waals surface area contributed by atoms with Crippen molar-refractivity contribution < 1.29 is 27.0 Å². The Morgan fingerprint density at radius 2 is 1.21 bits per heavy atom. The molecule has 4 rings (SSSR count). The number of hydrogen-bond acceptors (Lipinski definition) is 2. The van der Waals surface area contributed by atoms with E-state index in [4.69, 9.17) is 9.47 Å². The molecule has 0 spiro atoms. The van der Waals surface area contributed by atoms with Crippen LogP contribution in [-0.2, 0) is 0 Å². The zero-order valence-electron chi connectivity index (χ0n) is 21.2. The topological polar surface area (TPSA) is 18.5 Å². The Bertz CT molecular complexity index is 1410. The molecule has 4 aromatic rings. The molecule has 2 nitrogen and oxygen atoms in total. The molecule has 0 aliphatic rings. The molecule has 6 heteroatoms. The largest absolute Gasteiger partial charge is 0.494 e. The van der Waals surface area contributed by atoms with E-state index in [2.05, 4.69) is 6.92 Å². The summed E-state index contributed by atoms with van der Waals surface area (Å²) >= 11 is 0. The van der Waals surface area contributed by atoms with E-state index in [-0.39, 0.29) is 29.0 Å². The van der Waals surface area contributed by atoms with Crippen molar-refractivity contribution in [3.63, 3.8) is 0 Å². The minimum Gasteiger partial charge on any atom is -0.494 e. The van der Waals surface area contributed by atoms with E-state index in [1.807, 2.05) is 0 Å². The van der Waals surface area contributed by atoms with Crippen LogP contribution in [0, 0.1) is 23.3 Å². The fourth-order valence-corrected chi connectivity index (χ4v) is 3.96. The van der Waals surface area contributed by atoms with Gasteiger partial charge in [0.05, 0.1) is 13.2 Å². The molecule has 0 aliphatic carbocycles.